The van der Waals surface area contributed by atoms with E-state index in [1.165, 1.54) is 0 Å². The lowest BCUT2D eigenvalue weighted by molar-refractivity contribution is -0.928. The van der Waals surface area contributed by atoms with E-state index in [4.69, 9.17) is 9.15 Å². The summed E-state index contributed by atoms with van der Waals surface area (Å²) in [4.78, 5) is 33.4. The fourth-order valence-corrected chi connectivity index (χ4v) is 3.88. The fraction of sp³-hybridized carbons (Fsp3) is 0.292. The summed E-state index contributed by atoms with van der Waals surface area (Å²) in [5.74, 6) is 0.606. The number of quaternary nitrogens is 1. The second kappa shape index (κ2) is 8.83. The quantitative estimate of drug-likeness (QED) is 0.446. The SMILES string of the molecule is COCC[NH+](Cc1nc2ccccc2c(=O)[nH]1)Cc1cc(=O)oc2c(C)c(C)ccc12. The number of para-hydroxylation sites is 1. The molecule has 0 aliphatic rings. The van der Waals surface area contributed by atoms with Gasteiger partial charge in [-0.25, -0.2) is 9.78 Å². The maximum absolute atomic E-state index is 12.5. The van der Waals surface area contributed by atoms with Gasteiger partial charge in [0, 0.05) is 24.1 Å². The second-order valence-corrected chi connectivity index (χ2v) is 7.85. The number of methoxy groups -OCH3 is 1. The number of nitrogens with zero attached hydrogens (tertiary/aromatic N) is 1. The number of rotatable bonds is 7. The minimum atomic E-state index is -0.362. The number of fused-ring (bicyclic) bond motifs is 2. The molecule has 4 aromatic rings. The zero-order valence-electron chi connectivity index (χ0n) is 18.0. The van der Waals surface area contributed by atoms with Crippen molar-refractivity contribution < 1.29 is 14.1 Å². The predicted octanol–water partition coefficient (Wildman–Crippen LogP) is 1.88. The molecule has 7 heteroatoms. The Balaban J connectivity index is 1.71. The van der Waals surface area contributed by atoms with Gasteiger partial charge < -0.3 is 19.0 Å². The minimum absolute atomic E-state index is 0.149. The predicted molar refractivity (Wildman–Crippen MR) is 119 cm³/mol. The lowest BCUT2D eigenvalue weighted by Gasteiger charge is -2.20. The fourth-order valence-electron chi connectivity index (χ4n) is 3.88. The van der Waals surface area contributed by atoms with Crippen LogP contribution in [0.2, 0.25) is 0 Å². The molecular weight excluding hydrogens is 394 g/mol. The first-order valence-corrected chi connectivity index (χ1v) is 10.3. The molecule has 0 spiro atoms. The Kier molecular flexibility index (Phi) is 5.97. The maximum Gasteiger partial charge on any atom is 0.336 e. The van der Waals surface area contributed by atoms with Crippen molar-refractivity contribution in [3.8, 4) is 0 Å². The molecule has 0 bridgehead atoms. The van der Waals surface area contributed by atoms with E-state index in [9.17, 15) is 9.59 Å². The summed E-state index contributed by atoms with van der Waals surface area (Å²) in [6, 6.07) is 12.9. The Morgan fingerprint density at radius 3 is 2.68 bits per heavy atom. The van der Waals surface area contributed by atoms with Gasteiger partial charge in [-0.3, -0.25) is 4.79 Å². The Morgan fingerprint density at radius 1 is 1.06 bits per heavy atom. The van der Waals surface area contributed by atoms with E-state index in [1.807, 2.05) is 44.2 Å². The number of aromatic amines is 1. The van der Waals surface area contributed by atoms with Crippen LogP contribution in [0.25, 0.3) is 21.9 Å². The van der Waals surface area contributed by atoms with Gasteiger partial charge in [0.1, 0.15) is 25.2 Å². The van der Waals surface area contributed by atoms with Crippen LogP contribution in [-0.2, 0) is 17.8 Å². The molecule has 0 amide bonds. The normalized spacial score (nSPS) is 12.5. The molecule has 1 atom stereocenters. The molecule has 4 rings (SSSR count). The van der Waals surface area contributed by atoms with Crippen molar-refractivity contribution in [3.63, 3.8) is 0 Å². The molecule has 2 N–H and O–H groups in total. The second-order valence-electron chi connectivity index (χ2n) is 7.85. The Hall–Kier alpha value is -3.29. The van der Waals surface area contributed by atoms with Gasteiger partial charge in [-0.05, 0) is 37.1 Å². The number of hydrogen-bond donors (Lipinski definition) is 2. The summed E-state index contributed by atoms with van der Waals surface area (Å²) in [5, 5.41) is 1.50. The zero-order chi connectivity index (χ0) is 22.0. The summed E-state index contributed by atoms with van der Waals surface area (Å²) >= 11 is 0. The third-order valence-corrected chi connectivity index (χ3v) is 5.70. The average Bonchev–Trinajstić information content (AvgIpc) is 2.75. The van der Waals surface area contributed by atoms with Crippen LogP contribution < -0.4 is 16.1 Å². The van der Waals surface area contributed by atoms with Gasteiger partial charge in [0.2, 0.25) is 0 Å². The molecule has 1 unspecified atom stereocenters. The first-order valence-electron chi connectivity index (χ1n) is 10.3. The largest absolute Gasteiger partial charge is 0.422 e. The van der Waals surface area contributed by atoms with Crippen LogP contribution >= 0.6 is 0 Å². The summed E-state index contributed by atoms with van der Waals surface area (Å²) in [6.07, 6.45) is 0. The molecule has 0 aliphatic heterocycles. The van der Waals surface area contributed by atoms with Crippen molar-refractivity contribution in [1.29, 1.82) is 0 Å². The van der Waals surface area contributed by atoms with Gasteiger partial charge in [-0.1, -0.05) is 24.3 Å². The maximum atomic E-state index is 12.5. The Morgan fingerprint density at radius 2 is 1.87 bits per heavy atom. The van der Waals surface area contributed by atoms with Gasteiger partial charge in [-0.2, -0.15) is 0 Å². The van der Waals surface area contributed by atoms with Gasteiger partial charge >= 0.3 is 5.63 Å². The Labute approximate surface area is 179 Å². The molecule has 0 radical (unpaired) electrons. The standard InChI is InChI=1S/C24H25N3O4/c1-15-8-9-18-17(12-22(28)31-23(18)16(15)2)13-27(10-11-30-3)14-21-25-20-7-5-4-6-19(20)24(29)26-21/h4-9,12H,10-11,13-14H2,1-3H3,(H,25,26,29)/p+1. The number of hydrogen-bond acceptors (Lipinski definition) is 5. The van der Waals surface area contributed by atoms with Gasteiger partial charge in [-0.15, -0.1) is 0 Å². The van der Waals surface area contributed by atoms with Crippen molar-refractivity contribution >= 4 is 21.9 Å². The molecule has 0 saturated heterocycles. The molecule has 7 nitrogen and oxygen atoms in total. The molecular formula is C24H26N3O4+. The first kappa shape index (κ1) is 21.0. The van der Waals surface area contributed by atoms with Crippen LogP contribution in [0.3, 0.4) is 0 Å². The van der Waals surface area contributed by atoms with Crippen molar-refractivity contribution in [3.05, 3.63) is 85.8 Å². The molecule has 2 heterocycles. The van der Waals surface area contributed by atoms with Crippen LogP contribution in [0.5, 0.6) is 0 Å². The van der Waals surface area contributed by atoms with Crippen molar-refractivity contribution in [2.75, 3.05) is 20.3 Å². The number of ether oxygens (including phenoxy) is 1. The van der Waals surface area contributed by atoms with E-state index in [0.717, 1.165) is 27.0 Å². The highest BCUT2D eigenvalue weighted by Gasteiger charge is 2.17. The van der Waals surface area contributed by atoms with Crippen LogP contribution in [0.1, 0.15) is 22.5 Å². The molecule has 0 aliphatic carbocycles. The summed E-state index contributed by atoms with van der Waals surface area (Å²) in [5.41, 5.74) is 3.74. The van der Waals surface area contributed by atoms with Crippen LogP contribution in [0.15, 0.2) is 56.5 Å². The van der Waals surface area contributed by atoms with E-state index in [0.29, 0.717) is 48.6 Å². The number of benzene rings is 2. The number of nitrogens with one attached hydrogen (secondary N) is 2. The lowest BCUT2D eigenvalue weighted by atomic mass is 10.0. The van der Waals surface area contributed by atoms with Gasteiger partial charge in [0.25, 0.3) is 5.56 Å². The third-order valence-electron chi connectivity index (χ3n) is 5.70. The van der Waals surface area contributed by atoms with Crippen molar-refractivity contribution in [1.82, 2.24) is 9.97 Å². The average molecular weight is 420 g/mol. The number of aromatic nitrogens is 2. The highest BCUT2D eigenvalue weighted by Crippen LogP contribution is 2.22. The van der Waals surface area contributed by atoms with E-state index in [2.05, 4.69) is 9.97 Å². The van der Waals surface area contributed by atoms with Crippen LogP contribution in [0.4, 0.5) is 0 Å². The van der Waals surface area contributed by atoms with Gasteiger partial charge in [0.15, 0.2) is 5.82 Å². The topological polar surface area (TPSA) is 89.6 Å². The Bertz CT molecular complexity index is 1360. The van der Waals surface area contributed by atoms with E-state index < -0.39 is 0 Å². The molecule has 2 aromatic heterocycles. The summed E-state index contributed by atoms with van der Waals surface area (Å²) in [6.45, 7) is 6.27. The molecule has 160 valence electrons. The van der Waals surface area contributed by atoms with E-state index in [1.54, 1.807) is 19.2 Å². The number of aryl methyl sites for hydroxylation is 2. The molecule has 0 saturated carbocycles. The first-order chi connectivity index (χ1) is 15.0. The molecule has 31 heavy (non-hydrogen) atoms. The third kappa shape index (κ3) is 4.42. The highest BCUT2D eigenvalue weighted by atomic mass is 16.5. The minimum Gasteiger partial charge on any atom is -0.422 e. The van der Waals surface area contributed by atoms with E-state index in [-0.39, 0.29) is 11.2 Å². The smallest absolute Gasteiger partial charge is 0.336 e. The van der Waals surface area contributed by atoms with Gasteiger partial charge in [0.05, 0.1) is 17.5 Å². The van der Waals surface area contributed by atoms with Crippen molar-refractivity contribution in [2.24, 2.45) is 0 Å². The van der Waals surface area contributed by atoms with Crippen LogP contribution in [0, 0.1) is 13.8 Å². The van der Waals surface area contributed by atoms with Crippen LogP contribution in [-0.4, -0.2) is 30.2 Å². The molecule has 0 fully saturated rings. The number of H-pyrrole nitrogens is 1. The van der Waals surface area contributed by atoms with Crippen molar-refractivity contribution in [2.45, 2.75) is 26.9 Å². The van der Waals surface area contributed by atoms with E-state index >= 15 is 0 Å². The molecule has 2 aromatic carbocycles. The summed E-state index contributed by atoms with van der Waals surface area (Å²) in [7, 11) is 1.66. The monoisotopic (exact) mass is 420 g/mol. The zero-order valence-corrected chi connectivity index (χ0v) is 18.0. The lowest BCUT2D eigenvalue weighted by Crippen LogP contribution is -3.10. The summed E-state index contributed by atoms with van der Waals surface area (Å²) < 4.78 is 10.8. The highest BCUT2D eigenvalue weighted by molar-refractivity contribution is 5.83.